The smallest absolute Gasteiger partial charge is 0.306 e. The summed E-state index contributed by atoms with van der Waals surface area (Å²) in [5.74, 6) is -2.00. The number of hydrogen-bond acceptors (Lipinski definition) is 11. The van der Waals surface area contributed by atoms with E-state index in [9.17, 15) is 37.9 Å². The van der Waals surface area contributed by atoms with E-state index >= 15 is 0 Å². The largest absolute Gasteiger partial charge is 0.462 e. The lowest BCUT2D eigenvalue weighted by Crippen LogP contribution is -2.60. The third kappa shape index (κ3) is 31.7. The summed E-state index contributed by atoms with van der Waals surface area (Å²) in [6.07, 6.45) is 33.2. The third-order valence-corrected chi connectivity index (χ3v) is 11.5. The van der Waals surface area contributed by atoms with E-state index in [1.54, 1.807) is 0 Å². The Hall–Kier alpha value is -2.13. The van der Waals surface area contributed by atoms with Crippen molar-refractivity contribution >= 4 is 22.1 Å². The zero-order chi connectivity index (χ0) is 44.1. The van der Waals surface area contributed by atoms with Crippen molar-refractivity contribution in [3.05, 3.63) is 36.5 Å². The van der Waals surface area contributed by atoms with Gasteiger partial charge in [0, 0.05) is 12.8 Å². The lowest BCUT2D eigenvalue weighted by molar-refractivity contribution is -0.297. The second-order valence-electron chi connectivity index (χ2n) is 16.4. The first-order valence-electron chi connectivity index (χ1n) is 23.6. The minimum Gasteiger partial charge on any atom is -0.462 e. The topological polar surface area (TPSA) is 186 Å². The highest BCUT2D eigenvalue weighted by Crippen LogP contribution is 2.24. The van der Waals surface area contributed by atoms with Gasteiger partial charge in [-0.25, -0.2) is 0 Å². The maximum atomic E-state index is 12.8. The molecule has 1 saturated heterocycles. The van der Waals surface area contributed by atoms with E-state index in [0.717, 1.165) is 57.8 Å². The Labute approximate surface area is 363 Å². The fraction of sp³-hybridized carbons (Fsp3) is 0.830. The van der Waals surface area contributed by atoms with Crippen LogP contribution >= 0.6 is 0 Å². The van der Waals surface area contributed by atoms with Gasteiger partial charge in [0.05, 0.1) is 6.61 Å². The Morgan fingerprint density at radius 1 is 0.567 bits per heavy atom. The van der Waals surface area contributed by atoms with Crippen LogP contribution in [-0.4, -0.2) is 96.0 Å². The van der Waals surface area contributed by atoms with Crippen LogP contribution < -0.4 is 0 Å². The highest BCUT2D eigenvalue weighted by atomic mass is 32.2. The van der Waals surface area contributed by atoms with Gasteiger partial charge in [-0.15, -0.1) is 0 Å². The number of rotatable bonds is 39. The quantitative estimate of drug-likeness (QED) is 0.0151. The molecule has 1 rings (SSSR count). The first kappa shape index (κ1) is 55.9. The lowest BCUT2D eigenvalue weighted by atomic mass is 10.00. The summed E-state index contributed by atoms with van der Waals surface area (Å²) in [6.45, 7) is 3.72. The van der Waals surface area contributed by atoms with Crippen LogP contribution in [-0.2, 0) is 38.7 Å². The molecule has 350 valence electrons. The van der Waals surface area contributed by atoms with Crippen molar-refractivity contribution in [2.75, 3.05) is 19.0 Å². The lowest BCUT2D eigenvalue weighted by Gasteiger charge is -2.40. The summed E-state index contributed by atoms with van der Waals surface area (Å²) in [5.41, 5.74) is 0. The summed E-state index contributed by atoms with van der Waals surface area (Å²) >= 11 is 0. The number of aliphatic hydroxyl groups is 3. The molecule has 1 heterocycles. The monoisotopic (exact) mass is 873 g/mol. The molecular weight excluding hydrogens is 789 g/mol. The minimum atomic E-state index is -4.60. The van der Waals surface area contributed by atoms with Crippen LogP contribution in [0.3, 0.4) is 0 Å². The number of esters is 2. The van der Waals surface area contributed by atoms with Gasteiger partial charge in [0.1, 0.15) is 36.8 Å². The number of carbonyl (C=O) groups excluding carboxylic acids is 2. The molecule has 0 aromatic carbocycles. The average molecular weight is 873 g/mol. The van der Waals surface area contributed by atoms with E-state index in [2.05, 4.69) is 50.3 Å². The first-order chi connectivity index (χ1) is 29.0. The van der Waals surface area contributed by atoms with Gasteiger partial charge in [0.2, 0.25) is 0 Å². The Morgan fingerprint density at radius 2 is 1.00 bits per heavy atom. The number of hydrogen-bond donors (Lipinski definition) is 4. The van der Waals surface area contributed by atoms with Gasteiger partial charge < -0.3 is 34.3 Å². The normalized spacial score (nSPS) is 20.4. The molecule has 13 heteroatoms. The number of carbonyl (C=O) groups is 2. The maximum absolute atomic E-state index is 12.8. The van der Waals surface area contributed by atoms with Gasteiger partial charge in [0.25, 0.3) is 10.1 Å². The summed E-state index contributed by atoms with van der Waals surface area (Å²) < 4.78 is 54.1. The van der Waals surface area contributed by atoms with Crippen molar-refractivity contribution in [1.29, 1.82) is 0 Å². The fourth-order valence-corrected chi connectivity index (χ4v) is 7.71. The van der Waals surface area contributed by atoms with Crippen LogP contribution in [0.1, 0.15) is 194 Å². The molecule has 0 spiro atoms. The van der Waals surface area contributed by atoms with E-state index in [1.807, 2.05) is 0 Å². The second kappa shape index (κ2) is 37.4. The van der Waals surface area contributed by atoms with E-state index in [0.29, 0.717) is 12.8 Å². The van der Waals surface area contributed by atoms with Crippen LogP contribution in [0.2, 0.25) is 0 Å². The Morgan fingerprint density at radius 3 is 1.48 bits per heavy atom. The van der Waals surface area contributed by atoms with Crippen LogP contribution in [0, 0.1) is 0 Å². The van der Waals surface area contributed by atoms with Gasteiger partial charge in [-0.1, -0.05) is 153 Å². The number of allylic oxidation sites excluding steroid dienone is 6. The van der Waals surface area contributed by atoms with Crippen molar-refractivity contribution in [3.8, 4) is 0 Å². The molecule has 0 radical (unpaired) electrons. The van der Waals surface area contributed by atoms with Crippen LogP contribution in [0.25, 0.3) is 0 Å². The molecule has 0 aromatic rings. The molecule has 1 fully saturated rings. The predicted molar refractivity (Wildman–Crippen MR) is 238 cm³/mol. The molecule has 0 aliphatic carbocycles. The molecule has 0 amide bonds. The molecule has 2 unspecified atom stereocenters. The molecule has 4 N–H and O–H groups in total. The van der Waals surface area contributed by atoms with Gasteiger partial charge in [-0.2, -0.15) is 8.42 Å². The van der Waals surface area contributed by atoms with Gasteiger partial charge >= 0.3 is 11.9 Å². The zero-order valence-electron chi connectivity index (χ0n) is 37.3. The molecule has 0 bridgehead atoms. The van der Waals surface area contributed by atoms with Crippen molar-refractivity contribution in [2.45, 2.75) is 230 Å². The van der Waals surface area contributed by atoms with Gasteiger partial charge in [-0.05, 0) is 64.2 Å². The third-order valence-electron chi connectivity index (χ3n) is 10.7. The molecule has 1 aliphatic rings. The molecule has 12 nitrogen and oxygen atoms in total. The molecular formula is C47H84O12S. The van der Waals surface area contributed by atoms with E-state index in [4.69, 9.17) is 18.9 Å². The van der Waals surface area contributed by atoms with Gasteiger partial charge in [-0.3, -0.25) is 14.1 Å². The van der Waals surface area contributed by atoms with Crippen molar-refractivity contribution in [2.24, 2.45) is 0 Å². The van der Waals surface area contributed by atoms with Gasteiger partial charge in [0.15, 0.2) is 12.4 Å². The number of aliphatic hydroxyl groups excluding tert-OH is 3. The Balaban J connectivity index is 2.43. The number of unbranched alkanes of at least 4 members (excludes halogenated alkanes) is 22. The van der Waals surface area contributed by atoms with Crippen LogP contribution in [0.15, 0.2) is 36.5 Å². The predicted octanol–water partition coefficient (Wildman–Crippen LogP) is 9.78. The molecule has 0 saturated carbocycles. The fourth-order valence-electron chi connectivity index (χ4n) is 7.01. The van der Waals surface area contributed by atoms with Crippen LogP contribution in [0.4, 0.5) is 0 Å². The number of ether oxygens (including phenoxy) is 4. The summed E-state index contributed by atoms with van der Waals surface area (Å²) in [5, 5.41) is 30.9. The standard InChI is InChI=1S/C47H84O12S/c1-3-5-7-9-11-13-15-17-19-20-22-23-25-27-29-31-33-35-42(48)56-37-40(38-57-47-46(52)45(51)44(50)41(59-47)39-60(53,54)55)58-43(49)36-34-32-30-28-26-24-21-18-16-14-12-10-8-6-4-2/h13-16,18,21,40-41,44-47,50-52H,3-12,17,19-20,22-39H2,1-2H3,(H,53,54,55)/b15-13+,16-14+,21-18+/t40-,41-,44-,45?,46?,47+/m1/s1. The summed E-state index contributed by atoms with van der Waals surface area (Å²) in [6, 6.07) is 0. The molecule has 0 aromatic heterocycles. The molecule has 1 aliphatic heterocycles. The molecule has 6 atom stereocenters. The SMILES string of the molecule is CCCCCC/C=C/C=C/CCCCCCCC(=O)O[C@H](COC(=O)CCCCCCCCCCC/C=C/CCCCCC)CO[C@H]1O[C@H](CS(=O)(=O)O)[C@@H](O)C(O)C1O. The molecule has 60 heavy (non-hydrogen) atoms. The van der Waals surface area contributed by atoms with Crippen molar-refractivity contribution in [3.63, 3.8) is 0 Å². The van der Waals surface area contributed by atoms with Crippen molar-refractivity contribution < 1.29 is 56.8 Å². The zero-order valence-corrected chi connectivity index (χ0v) is 38.1. The van der Waals surface area contributed by atoms with Crippen molar-refractivity contribution in [1.82, 2.24) is 0 Å². The Bertz CT molecular complexity index is 1250. The Kier molecular flexibility index (Phi) is 34.9. The van der Waals surface area contributed by atoms with Crippen LogP contribution in [0.5, 0.6) is 0 Å². The average Bonchev–Trinajstić information content (AvgIpc) is 3.21. The first-order valence-corrected chi connectivity index (χ1v) is 25.2. The van der Waals surface area contributed by atoms with E-state index in [-0.39, 0.29) is 19.4 Å². The minimum absolute atomic E-state index is 0.147. The van der Waals surface area contributed by atoms with E-state index in [1.165, 1.54) is 96.3 Å². The van der Waals surface area contributed by atoms with E-state index < -0.39 is 71.2 Å². The highest BCUT2D eigenvalue weighted by Gasteiger charge is 2.46. The summed E-state index contributed by atoms with van der Waals surface area (Å²) in [4.78, 5) is 25.4. The highest BCUT2D eigenvalue weighted by molar-refractivity contribution is 7.85. The second-order valence-corrected chi connectivity index (χ2v) is 17.9. The maximum Gasteiger partial charge on any atom is 0.306 e. The summed E-state index contributed by atoms with van der Waals surface area (Å²) in [7, 11) is -4.60.